The summed E-state index contributed by atoms with van der Waals surface area (Å²) in [6.07, 6.45) is 1.70. The number of aliphatic hydroxyl groups excluding tert-OH is 1. The van der Waals surface area contributed by atoms with Crippen LogP contribution in [0, 0.1) is 0 Å². The van der Waals surface area contributed by atoms with Gasteiger partial charge in [-0.05, 0) is 29.3 Å². The van der Waals surface area contributed by atoms with Crippen molar-refractivity contribution in [3.63, 3.8) is 0 Å². The van der Waals surface area contributed by atoms with Crippen molar-refractivity contribution in [2.45, 2.75) is 5.85 Å². The van der Waals surface area contributed by atoms with Gasteiger partial charge in [0.1, 0.15) is 0 Å². The molecule has 0 bridgehead atoms. The first kappa shape index (κ1) is 16.2. The fourth-order valence-corrected chi connectivity index (χ4v) is 3.56. The molecule has 110 valence electrons. The van der Waals surface area contributed by atoms with Gasteiger partial charge in [0.25, 0.3) is 7.37 Å². The first-order valence-electron chi connectivity index (χ1n) is 6.38. The summed E-state index contributed by atoms with van der Waals surface area (Å²) in [5, 5.41) is 10.4. The minimum atomic E-state index is -3.33. The Balaban J connectivity index is 2.26. The molecule has 0 saturated heterocycles. The van der Waals surface area contributed by atoms with Gasteiger partial charge in [0.05, 0.1) is 0 Å². The predicted octanol–water partition coefficient (Wildman–Crippen LogP) is 5.04. The highest BCUT2D eigenvalue weighted by Crippen LogP contribution is 2.59. The maximum Gasteiger partial charge on any atom is 0.256 e. The zero-order valence-corrected chi connectivity index (χ0v) is 14.0. The second-order valence-corrected chi connectivity index (χ2v) is 7.84. The van der Waals surface area contributed by atoms with Gasteiger partial charge >= 0.3 is 0 Å². The quantitative estimate of drug-likeness (QED) is 0.754. The Kier molecular flexibility index (Phi) is 5.54. The maximum atomic E-state index is 12.8. The van der Waals surface area contributed by atoms with Gasteiger partial charge in [-0.25, -0.2) is 0 Å². The number of halogens is 1. The normalized spacial score (nSPS) is 15.8. The van der Waals surface area contributed by atoms with Gasteiger partial charge < -0.3 is 9.63 Å². The van der Waals surface area contributed by atoms with Crippen LogP contribution in [-0.4, -0.2) is 12.2 Å². The monoisotopic (exact) mass is 366 g/mol. The lowest BCUT2D eigenvalue weighted by atomic mass is 10.2. The third-order valence-corrected chi connectivity index (χ3v) is 5.71. The lowest BCUT2D eigenvalue weighted by molar-refractivity contribution is 0.228. The molecule has 2 rings (SSSR count). The lowest BCUT2D eigenvalue weighted by Gasteiger charge is -2.19. The summed E-state index contributed by atoms with van der Waals surface area (Å²) in [5.41, 5.74) is 1.46. The van der Waals surface area contributed by atoms with Crippen LogP contribution in [-0.2, 0) is 9.09 Å². The molecular formula is C16H16BrO3P. The highest BCUT2D eigenvalue weighted by Gasteiger charge is 2.30. The topological polar surface area (TPSA) is 46.5 Å². The summed E-state index contributed by atoms with van der Waals surface area (Å²) in [7, 11) is -1.99. The Labute approximate surface area is 132 Å². The summed E-state index contributed by atoms with van der Waals surface area (Å²) in [6.45, 7) is 0. The molecule has 21 heavy (non-hydrogen) atoms. The van der Waals surface area contributed by atoms with Crippen LogP contribution in [0.5, 0.6) is 0 Å². The van der Waals surface area contributed by atoms with Crippen LogP contribution in [0.4, 0.5) is 0 Å². The summed E-state index contributed by atoms with van der Waals surface area (Å²) in [5.74, 6) is 0.269. The Morgan fingerprint density at radius 3 is 2.33 bits per heavy atom. The number of hydrogen-bond acceptors (Lipinski definition) is 3. The average Bonchev–Trinajstić information content (AvgIpc) is 2.53. The Morgan fingerprint density at radius 2 is 1.76 bits per heavy atom. The van der Waals surface area contributed by atoms with Crippen LogP contribution in [0.1, 0.15) is 17.0 Å². The third-order valence-electron chi connectivity index (χ3n) is 3.07. The molecule has 0 spiro atoms. The Bertz CT molecular complexity index is 653. The van der Waals surface area contributed by atoms with E-state index in [1.54, 1.807) is 30.3 Å². The van der Waals surface area contributed by atoms with E-state index < -0.39 is 13.2 Å². The second-order valence-electron chi connectivity index (χ2n) is 4.48. The molecule has 0 unspecified atom stereocenters. The Morgan fingerprint density at radius 1 is 1.14 bits per heavy atom. The average molecular weight is 367 g/mol. The van der Waals surface area contributed by atoms with Gasteiger partial charge in [0.15, 0.2) is 5.85 Å². The predicted molar refractivity (Wildman–Crippen MR) is 89.2 cm³/mol. The van der Waals surface area contributed by atoms with Gasteiger partial charge in [-0.15, -0.1) is 0 Å². The van der Waals surface area contributed by atoms with E-state index in [0.29, 0.717) is 5.56 Å². The number of aliphatic hydroxyl groups is 1. The summed E-state index contributed by atoms with van der Waals surface area (Å²) in [6, 6.07) is 16.5. The molecule has 0 fully saturated rings. The van der Waals surface area contributed by atoms with Crippen LogP contribution in [0.25, 0.3) is 6.08 Å². The van der Waals surface area contributed by atoms with E-state index in [1.165, 1.54) is 12.9 Å². The molecular weight excluding hydrogens is 351 g/mol. The zero-order valence-electron chi connectivity index (χ0n) is 11.5. The molecule has 2 aromatic rings. The SMILES string of the molecule is CO[P@](=O)(/C=C/c1ccccc1)[C@H](O)c1ccc(Br)cc1. The fourth-order valence-electron chi connectivity index (χ4n) is 1.84. The number of rotatable bonds is 5. The van der Waals surface area contributed by atoms with Crippen molar-refractivity contribution in [2.24, 2.45) is 0 Å². The summed E-state index contributed by atoms with van der Waals surface area (Å²) in [4.78, 5) is 0. The molecule has 0 aromatic heterocycles. The van der Waals surface area contributed by atoms with Crippen molar-refractivity contribution < 1.29 is 14.2 Å². The molecule has 1 N–H and O–H groups in total. The van der Waals surface area contributed by atoms with E-state index in [1.807, 2.05) is 30.3 Å². The lowest BCUT2D eigenvalue weighted by Crippen LogP contribution is -1.99. The van der Waals surface area contributed by atoms with Crippen molar-refractivity contribution >= 4 is 29.4 Å². The van der Waals surface area contributed by atoms with E-state index >= 15 is 0 Å². The third kappa shape index (κ3) is 4.14. The largest absolute Gasteiger partial charge is 0.378 e. The highest BCUT2D eigenvalue weighted by molar-refractivity contribution is 9.10. The van der Waals surface area contributed by atoms with Crippen molar-refractivity contribution in [1.29, 1.82) is 0 Å². The molecule has 0 radical (unpaired) electrons. The minimum absolute atomic E-state index is 0.557. The molecule has 0 heterocycles. The zero-order chi connectivity index (χ0) is 15.3. The van der Waals surface area contributed by atoms with Crippen molar-refractivity contribution in [2.75, 3.05) is 7.11 Å². The second kappa shape index (κ2) is 7.19. The van der Waals surface area contributed by atoms with Crippen LogP contribution in [0.3, 0.4) is 0 Å². The maximum absolute atomic E-state index is 12.8. The van der Waals surface area contributed by atoms with Crippen molar-refractivity contribution in [3.05, 3.63) is 76.0 Å². The van der Waals surface area contributed by atoms with Crippen LogP contribution < -0.4 is 0 Å². The van der Waals surface area contributed by atoms with E-state index in [-0.39, 0.29) is 0 Å². The number of hydrogen-bond donors (Lipinski definition) is 1. The molecule has 0 aliphatic rings. The van der Waals surface area contributed by atoms with E-state index in [4.69, 9.17) is 4.52 Å². The molecule has 0 aliphatic carbocycles. The molecule has 3 nitrogen and oxygen atoms in total. The molecule has 0 saturated carbocycles. The van der Waals surface area contributed by atoms with Gasteiger partial charge in [-0.1, -0.05) is 58.4 Å². The summed E-state index contributed by atoms with van der Waals surface area (Å²) < 4.78 is 18.8. The fraction of sp³-hybridized carbons (Fsp3) is 0.125. The smallest absolute Gasteiger partial charge is 0.256 e. The first-order chi connectivity index (χ1) is 10.0. The standard InChI is InChI=1S/C16H16BrO3P/c1-20-21(19,12-11-13-5-3-2-4-6-13)16(18)14-7-9-15(17)10-8-14/h2-12,16,18H,1H3/b12-11+/t16-,21+/m0/s1. The van der Waals surface area contributed by atoms with Gasteiger partial charge in [-0.3, -0.25) is 4.57 Å². The van der Waals surface area contributed by atoms with Crippen molar-refractivity contribution in [3.8, 4) is 0 Å². The van der Waals surface area contributed by atoms with Gasteiger partial charge in [0.2, 0.25) is 0 Å². The number of benzene rings is 2. The molecule has 0 amide bonds. The van der Waals surface area contributed by atoms with Gasteiger partial charge in [0, 0.05) is 17.4 Å². The van der Waals surface area contributed by atoms with E-state index in [2.05, 4.69) is 15.9 Å². The molecule has 2 aromatic carbocycles. The van der Waals surface area contributed by atoms with Crippen LogP contribution in [0.15, 0.2) is 64.9 Å². The molecule has 2 atom stereocenters. The van der Waals surface area contributed by atoms with Crippen molar-refractivity contribution in [1.82, 2.24) is 0 Å². The van der Waals surface area contributed by atoms with Gasteiger partial charge in [-0.2, -0.15) is 0 Å². The van der Waals surface area contributed by atoms with Crippen LogP contribution in [0.2, 0.25) is 0 Å². The van der Waals surface area contributed by atoms with E-state index in [0.717, 1.165) is 10.0 Å². The highest BCUT2D eigenvalue weighted by atomic mass is 79.9. The van der Waals surface area contributed by atoms with Crippen LogP contribution >= 0.6 is 23.3 Å². The first-order valence-corrected chi connectivity index (χ1v) is 8.94. The molecule has 5 heteroatoms. The Hall–Kier alpha value is -1.19. The van der Waals surface area contributed by atoms with E-state index in [9.17, 15) is 9.67 Å². The summed E-state index contributed by atoms with van der Waals surface area (Å²) >= 11 is 3.33. The molecule has 0 aliphatic heterocycles. The minimum Gasteiger partial charge on any atom is -0.378 e.